The van der Waals surface area contributed by atoms with E-state index < -0.39 is 0 Å². The Kier molecular flexibility index (Phi) is 6.37. The van der Waals surface area contributed by atoms with E-state index in [0.29, 0.717) is 37.0 Å². The number of hydrogen-bond donors (Lipinski definition) is 0. The molecular weight excluding hydrogens is 450 g/mol. The van der Waals surface area contributed by atoms with Gasteiger partial charge in [-0.05, 0) is 19.1 Å². The molecule has 34 heavy (non-hydrogen) atoms. The Morgan fingerprint density at radius 3 is 2.59 bits per heavy atom. The molecule has 1 aliphatic heterocycles. The quantitative estimate of drug-likeness (QED) is 0.414. The molecule has 2 aromatic carbocycles. The SMILES string of the molecule is COc1ccccc1-c1nc(C(=O)N2CCN(Cc3nc(-c4ccc(C)cc4)no3)CC2)cs1. The third-order valence-electron chi connectivity index (χ3n) is 5.86. The largest absolute Gasteiger partial charge is 0.496 e. The van der Waals surface area contributed by atoms with Gasteiger partial charge < -0.3 is 14.2 Å². The number of thiazole rings is 1. The molecule has 0 unspecified atom stereocenters. The molecule has 174 valence electrons. The molecule has 0 bridgehead atoms. The predicted octanol–water partition coefficient (Wildman–Crippen LogP) is 4.14. The van der Waals surface area contributed by atoms with Crippen LogP contribution in [0.2, 0.25) is 0 Å². The van der Waals surface area contributed by atoms with Gasteiger partial charge in [0.25, 0.3) is 5.91 Å². The Hall–Kier alpha value is -3.56. The minimum absolute atomic E-state index is 0.0449. The molecule has 9 heteroatoms. The molecular formula is C25H25N5O3S. The molecule has 4 aromatic rings. The Bertz CT molecular complexity index is 1280. The number of methoxy groups -OCH3 is 1. The van der Waals surface area contributed by atoms with Gasteiger partial charge in [0, 0.05) is 37.1 Å². The van der Waals surface area contributed by atoms with Crippen LogP contribution >= 0.6 is 11.3 Å². The molecule has 0 atom stereocenters. The maximum absolute atomic E-state index is 13.0. The van der Waals surface area contributed by atoms with E-state index in [1.54, 1.807) is 7.11 Å². The monoisotopic (exact) mass is 475 g/mol. The highest BCUT2D eigenvalue weighted by molar-refractivity contribution is 7.13. The second-order valence-electron chi connectivity index (χ2n) is 8.18. The lowest BCUT2D eigenvalue weighted by atomic mass is 10.1. The van der Waals surface area contributed by atoms with Crippen LogP contribution in [0.4, 0.5) is 0 Å². The van der Waals surface area contributed by atoms with Crippen LogP contribution in [0.3, 0.4) is 0 Å². The van der Waals surface area contributed by atoms with Crippen molar-refractivity contribution in [2.24, 2.45) is 0 Å². The number of carbonyl (C=O) groups excluding carboxylic acids is 1. The maximum atomic E-state index is 13.0. The van der Waals surface area contributed by atoms with Crippen LogP contribution in [-0.2, 0) is 6.54 Å². The van der Waals surface area contributed by atoms with E-state index in [0.717, 1.165) is 35.0 Å². The van der Waals surface area contributed by atoms with Crippen molar-refractivity contribution in [1.29, 1.82) is 0 Å². The molecule has 0 spiro atoms. The highest BCUT2D eigenvalue weighted by Crippen LogP contribution is 2.32. The van der Waals surface area contributed by atoms with E-state index in [1.165, 1.54) is 16.9 Å². The average Bonchev–Trinajstić information content (AvgIpc) is 3.55. The van der Waals surface area contributed by atoms with Gasteiger partial charge in [-0.25, -0.2) is 4.98 Å². The van der Waals surface area contributed by atoms with Crippen LogP contribution in [0.25, 0.3) is 22.0 Å². The van der Waals surface area contributed by atoms with Crippen LogP contribution in [-0.4, -0.2) is 64.1 Å². The average molecular weight is 476 g/mol. The van der Waals surface area contributed by atoms with Crippen molar-refractivity contribution in [1.82, 2.24) is 24.9 Å². The number of aromatic nitrogens is 3. The Balaban J connectivity index is 1.18. The minimum atomic E-state index is -0.0449. The van der Waals surface area contributed by atoms with Gasteiger partial charge in [-0.15, -0.1) is 11.3 Å². The zero-order valence-electron chi connectivity index (χ0n) is 19.1. The first-order chi connectivity index (χ1) is 16.6. The standard InChI is InChI=1S/C25H25N5O3S/c1-17-7-9-18(10-8-17)23-27-22(33-28-23)15-29-11-13-30(14-12-29)25(31)20-16-34-24(26-20)19-5-3-4-6-21(19)32-2/h3-10,16H,11-15H2,1-2H3. The number of aryl methyl sites for hydroxylation is 1. The topological polar surface area (TPSA) is 84.6 Å². The zero-order valence-corrected chi connectivity index (χ0v) is 19.9. The van der Waals surface area contributed by atoms with Gasteiger partial charge in [0.15, 0.2) is 0 Å². The van der Waals surface area contributed by atoms with Crippen LogP contribution in [0, 0.1) is 6.92 Å². The number of para-hydroxylation sites is 1. The predicted molar refractivity (Wildman–Crippen MR) is 130 cm³/mol. The van der Waals surface area contributed by atoms with Crippen LogP contribution in [0.5, 0.6) is 5.75 Å². The zero-order chi connectivity index (χ0) is 23.5. The van der Waals surface area contributed by atoms with Crippen LogP contribution in [0.15, 0.2) is 58.4 Å². The summed E-state index contributed by atoms with van der Waals surface area (Å²) < 4.78 is 10.9. The molecule has 0 radical (unpaired) electrons. The van der Waals surface area contributed by atoms with Crippen molar-refractivity contribution in [2.45, 2.75) is 13.5 Å². The number of rotatable bonds is 6. The maximum Gasteiger partial charge on any atom is 0.273 e. The van der Waals surface area contributed by atoms with Gasteiger partial charge in [-0.1, -0.05) is 47.1 Å². The van der Waals surface area contributed by atoms with Crippen LogP contribution < -0.4 is 4.74 Å². The first kappa shape index (κ1) is 22.2. The van der Waals surface area contributed by atoms with E-state index in [-0.39, 0.29) is 5.91 Å². The molecule has 0 aliphatic carbocycles. The normalized spacial score (nSPS) is 14.4. The number of nitrogens with zero attached hydrogens (tertiary/aromatic N) is 5. The highest BCUT2D eigenvalue weighted by Gasteiger charge is 2.25. The molecule has 8 nitrogen and oxygen atoms in total. The fourth-order valence-corrected chi connectivity index (χ4v) is 4.74. The number of carbonyl (C=O) groups is 1. The van der Waals surface area contributed by atoms with Gasteiger partial charge in [0.05, 0.1) is 19.2 Å². The second kappa shape index (κ2) is 9.74. The molecule has 3 heterocycles. The lowest BCUT2D eigenvalue weighted by Crippen LogP contribution is -2.48. The molecule has 1 aliphatic rings. The molecule has 1 fully saturated rings. The number of amides is 1. The highest BCUT2D eigenvalue weighted by atomic mass is 32.1. The summed E-state index contributed by atoms with van der Waals surface area (Å²) in [4.78, 5) is 26.2. The molecule has 1 amide bonds. The Labute approximate surface area is 201 Å². The summed E-state index contributed by atoms with van der Waals surface area (Å²) in [6, 6.07) is 15.7. The summed E-state index contributed by atoms with van der Waals surface area (Å²) in [5.74, 6) is 1.88. The van der Waals surface area contributed by atoms with Gasteiger partial charge in [-0.2, -0.15) is 4.98 Å². The van der Waals surface area contributed by atoms with Crippen molar-refractivity contribution < 1.29 is 14.1 Å². The van der Waals surface area contributed by atoms with E-state index in [9.17, 15) is 4.79 Å². The van der Waals surface area contributed by atoms with E-state index in [1.807, 2.05) is 65.7 Å². The molecule has 0 saturated carbocycles. The fraction of sp³-hybridized carbons (Fsp3) is 0.280. The summed E-state index contributed by atoms with van der Waals surface area (Å²) >= 11 is 1.45. The van der Waals surface area contributed by atoms with Crippen LogP contribution in [0.1, 0.15) is 21.9 Å². The van der Waals surface area contributed by atoms with E-state index >= 15 is 0 Å². The van der Waals surface area contributed by atoms with E-state index in [2.05, 4.69) is 20.0 Å². The molecule has 5 rings (SSSR count). The third-order valence-corrected chi connectivity index (χ3v) is 6.73. The second-order valence-corrected chi connectivity index (χ2v) is 9.04. The third kappa shape index (κ3) is 4.71. The summed E-state index contributed by atoms with van der Waals surface area (Å²) in [7, 11) is 1.63. The minimum Gasteiger partial charge on any atom is -0.496 e. The number of piperazine rings is 1. The van der Waals surface area contributed by atoms with Crippen molar-refractivity contribution in [3.63, 3.8) is 0 Å². The molecule has 0 N–H and O–H groups in total. The van der Waals surface area contributed by atoms with E-state index in [4.69, 9.17) is 9.26 Å². The van der Waals surface area contributed by atoms with Crippen molar-refractivity contribution in [2.75, 3.05) is 33.3 Å². The number of benzene rings is 2. The van der Waals surface area contributed by atoms with Crippen molar-refractivity contribution in [3.8, 4) is 27.7 Å². The number of ether oxygens (including phenoxy) is 1. The van der Waals surface area contributed by atoms with Crippen molar-refractivity contribution in [3.05, 3.63) is 71.1 Å². The van der Waals surface area contributed by atoms with Gasteiger partial charge in [0.1, 0.15) is 16.5 Å². The van der Waals surface area contributed by atoms with Gasteiger partial charge in [-0.3, -0.25) is 9.69 Å². The lowest BCUT2D eigenvalue weighted by Gasteiger charge is -2.33. The van der Waals surface area contributed by atoms with Crippen molar-refractivity contribution >= 4 is 17.2 Å². The summed E-state index contributed by atoms with van der Waals surface area (Å²) in [5, 5.41) is 6.71. The fourth-order valence-electron chi connectivity index (χ4n) is 3.92. The summed E-state index contributed by atoms with van der Waals surface area (Å²) in [5.41, 5.74) is 3.49. The number of hydrogen-bond acceptors (Lipinski definition) is 8. The molecule has 2 aromatic heterocycles. The first-order valence-electron chi connectivity index (χ1n) is 11.1. The summed E-state index contributed by atoms with van der Waals surface area (Å²) in [6.45, 7) is 5.33. The summed E-state index contributed by atoms with van der Waals surface area (Å²) in [6.07, 6.45) is 0. The smallest absolute Gasteiger partial charge is 0.273 e. The van der Waals surface area contributed by atoms with Gasteiger partial charge in [0.2, 0.25) is 11.7 Å². The Morgan fingerprint density at radius 2 is 1.82 bits per heavy atom. The van der Waals surface area contributed by atoms with Gasteiger partial charge >= 0.3 is 0 Å². The molecule has 1 saturated heterocycles. The first-order valence-corrected chi connectivity index (χ1v) is 12.0. The Morgan fingerprint density at radius 1 is 1.06 bits per heavy atom. The lowest BCUT2D eigenvalue weighted by molar-refractivity contribution is 0.0610.